The Bertz CT molecular complexity index is 1040. The van der Waals surface area contributed by atoms with Crippen LogP contribution in [-0.2, 0) is 28.8 Å². The summed E-state index contributed by atoms with van der Waals surface area (Å²) in [7, 11) is 0. The van der Waals surface area contributed by atoms with Crippen LogP contribution in [0, 0.1) is 17.6 Å². The quantitative estimate of drug-likeness (QED) is 0.633. The van der Waals surface area contributed by atoms with Crippen LogP contribution in [0.3, 0.4) is 0 Å². The van der Waals surface area contributed by atoms with Crippen LogP contribution < -0.4 is 0 Å². The molecule has 27 heavy (non-hydrogen) atoms. The number of fused-ring (bicyclic) bond motifs is 2. The Kier molecular flexibility index (Phi) is 3.89. The largest absolute Gasteiger partial charge is 0.616 e. The van der Waals surface area contributed by atoms with E-state index in [0.29, 0.717) is 11.7 Å². The van der Waals surface area contributed by atoms with Gasteiger partial charge in [-0.3, -0.25) is 0 Å². The SMILES string of the molecule is C[S+]([O-])Cc1cc(F)cc2c(C3(C4CC4)CCc4cc(F)ccc43)c[nH]c12. The van der Waals surface area contributed by atoms with Crippen LogP contribution in [0.2, 0.25) is 0 Å². The van der Waals surface area contributed by atoms with E-state index in [1.165, 1.54) is 11.6 Å². The molecule has 1 heterocycles. The molecular weight excluding hydrogens is 364 g/mol. The molecule has 0 amide bonds. The highest BCUT2D eigenvalue weighted by atomic mass is 32.2. The van der Waals surface area contributed by atoms with Crippen LogP contribution in [-0.4, -0.2) is 15.8 Å². The molecule has 0 radical (unpaired) electrons. The van der Waals surface area contributed by atoms with Gasteiger partial charge < -0.3 is 9.54 Å². The fourth-order valence-electron chi connectivity index (χ4n) is 5.14. The average molecular weight is 385 g/mol. The molecule has 3 aromatic rings. The molecule has 2 unspecified atom stereocenters. The van der Waals surface area contributed by atoms with Gasteiger partial charge in [-0.25, -0.2) is 8.78 Å². The van der Waals surface area contributed by atoms with Crippen molar-refractivity contribution < 1.29 is 13.3 Å². The van der Waals surface area contributed by atoms with Crippen LogP contribution in [0.1, 0.15) is 41.5 Å². The average Bonchev–Trinajstić information content (AvgIpc) is 3.27. The van der Waals surface area contributed by atoms with E-state index in [9.17, 15) is 13.3 Å². The molecule has 2 aliphatic carbocycles. The lowest BCUT2D eigenvalue weighted by Gasteiger charge is -2.31. The fourth-order valence-corrected chi connectivity index (χ4v) is 5.81. The van der Waals surface area contributed by atoms with E-state index in [1.54, 1.807) is 24.5 Å². The Hall–Kier alpha value is -1.85. The molecule has 140 valence electrons. The van der Waals surface area contributed by atoms with Crippen molar-refractivity contribution in [2.75, 3.05) is 6.26 Å². The first kappa shape index (κ1) is 17.3. The second kappa shape index (κ2) is 6.08. The molecule has 0 aliphatic heterocycles. The molecule has 2 atom stereocenters. The van der Waals surface area contributed by atoms with Crippen molar-refractivity contribution in [3.8, 4) is 0 Å². The second-order valence-electron chi connectivity index (χ2n) is 7.95. The van der Waals surface area contributed by atoms with E-state index in [2.05, 4.69) is 4.98 Å². The summed E-state index contributed by atoms with van der Waals surface area (Å²) in [4.78, 5) is 3.34. The van der Waals surface area contributed by atoms with Gasteiger partial charge in [0.05, 0.1) is 11.8 Å². The number of aryl methyl sites for hydroxylation is 1. The Labute approximate surface area is 160 Å². The molecule has 5 heteroatoms. The van der Waals surface area contributed by atoms with E-state index in [-0.39, 0.29) is 17.0 Å². The van der Waals surface area contributed by atoms with Gasteiger partial charge in [0.25, 0.3) is 0 Å². The van der Waals surface area contributed by atoms with Crippen molar-refractivity contribution >= 4 is 22.1 Å². The van der Waals surface area contributed by atoms with Gasteiger partial charge in [0, 0.05) is 22.6 Å². The summed E-state index contributed by atoms with van der Waals surface area (Å²) in [5.74, 6) is 0.340. The molecule has 2 aliphatic rings. The van der Waals surface area contributed by atoms with Gasteiger partial charge in [-0.2, -0.15) is 0 Å². The minimum atomic E-state index is -1.05. The molecule has 0 saturated heterocycles. The number of H-pyrrole nitrogens is 1. The van der Waals surface area contributed by atoms with Gasteiger partial charge in [0.15, 0.2) is 0 Å². The third-order valence-corrected chi connectivity index (χ3v) is 7.00. The zero-order valence-electron chi connectivity index (χ0n) is 15.1. The lowest BCUT2D eigenvalue weighted by Crippen LogP contribution is -2.27. The highest BCUT2D eigenvalue weighted by Gasteiger charge is 2.52. The zero-order valence-corrected chi connectivity index (χ0v) is 16.0. The Morgan fingerprint density at radius 3 is 2.70 bits per heavy atom. The second-order valence-corrected chi connectivity index (χ2v) is 9.39. The monoisotopic (exact) mass is 385 g/mol. The number of rotatable bonds is 4. The number of nitrogens with one attached hydrogen (secondary N) is 1. The van der Waals surface area contributed by atoms with E-state index >= 15 is 0 Å². The van der Waals surface area contributed by atoms with Crippen LogP contribution in [0.4, 0.5) is 8.78 Å². The molecule has 5 rings (SSSR count). The maximum absolute atomic E-state index is 14.4. The third-order valence-electron chi connectivity index (χ3n) is 6.29. The van der Waals surface area contributed by atoms with Crippen molar-refractivity contribution in [2.45, 2.75) is 36.9 Å². The standard InChI is InChI=1S/C22H21F2NOS/c1-27(26)12-14-9-17(24)10-18-20(11-25-21(14)18)22(15-2-3-15)7-6-13-8-16(23)4-5-19(13)22/h4-5,8-11,15,25H,2-3,6-7,12H2,1H3. The third kappa shape index (κ3) is 2.63. The molecular formula is C22H21F2NOS. The molecule has 1 fully saturated rings. The van der Waals surface area contributed by atoms with Crippen molar-refractivity contribution in [2.24, 2.45) is 5.92 Å². The Balaban J connectivity index is 1.74. The van der Waals surface area contributed by atoms with Crippen LogP contribution in [0.15, 0.2) is 36.5 Å². The van der Waals surface area contributed by atoms with Crippen LogP contribution in [0.5, 0.6) is 0 Å². The summed E-state index contributed by atoms with van der Waals surface area (Å²) in [5, 5.41) is 0.875. The molecule has 0 spiro atoms. The van der Waals surface area contributed by atoms with Gasteiger partial charge in [0.1, 0.15) is 17.4 Å². The number of aromatic amines is 1. The predicted octanol–water partition coefficient (Wildman–Crippen LogP) is 4.97. The number of aromatic nitrogens is 1. The summed E-state index contributed by atoms with van der Waals surface area (Å²) >= 11 is -1.05. The lowest BCUT2D eigenvalue weighted by atomic mass is 9.71. The Morgan fingerprint density at radius 2 is 1.96 bits per heavy atom. The summed E-state index contributed by atoms with van der Waals surface area (Å²) in [6, 6.07) is 8.19. The highest BCUT2D eigenvalue weighted by Crippen LogP contribution is 2.59. The smallest absolute Gasteiger partial charge is 0.132 e. The zero-order chi connectivity index (χ0) is 18.8. The van der Waals surface area contributed by atoms with Gasteiger partial charge in [-0.1, -0.05) is 17.2 Å². The minimum absolute atomic E-state index is 0.183. The maximum atomic E-state index is 14.4. The molecule has 2 nitrogen and oxygen atoms in total. The van der Waals surface area contributed by atoms with E-state index in [1.807, 2.05) is 12.3 Å². The van der Waals surface area contributed by atoms with Crippen molar-refractivity contribution in [3.63, 3.8) is 0 Å². The van der Waals surface area contributed by atoms with Crippen LogP contribution in [0.25, 0.3) is 10.9 Å². The van der Waals surface area contributed by atoms with Gasteiger partial charge >= 0.3 is 0 Å². The number of halogens is 2. The summed E-state index contributed by atoms with van der Waals surface area (Å²) in [5.41, 5.74) is 4.81. The normalized spacial score (nSPS) is 23.0. The first-order valence-corrected chi connectivity index (χ1v) is 11.1. The number of hydrogen-bond donors (Lipinski definition) is 1. The Morgan fingerprint density at radius 1 is 1.15 bits per heavy atom. The molecule has 1 N–H and O–H groups in total. The molecule has 1 saturated carbocycles. The van der Waals surface area contributed by atoms with Crippen molar-refractivity contribution in [1.82, 2.24) is 4.98 Å². The molecule has 0 bridgehead atoms. The summed E-state index contributed by atoms with van der Waals surface area (Å²) < 4.78 is 39.9. The maximum Gasteiger partial charge on any atom is 0.132 e. The first-order valence-electron chi connectivity index (χ1n) is 9.38. The van der Waals surface area contributed by atoms with E-state index in [0.717, 1.165) is 53.3 Å². The fraction of sp³-hybridized carbons (Fsp3) is 0.364. The van der Waals surface area contributed by atoms with Crippen LogP contribution >= 0.6 is 0 Å². The lowest BCUT2D eigenvalue weighted by molar-refractivity contribution is 0.448. The van der Waals surface area contributed by atoms with Gasteiger partial charge in [0.2, 0.25) is 0 Å². The number of benzene rings is 2. The highest BCUT2D eigenvalue weighted by molar-refractivity contribution is 7.89. The molecule has 1 aromatic heterocycles. The first-order chi connectivity index (χ1) is 13.0. The van der Waals surface area contributed by atoms with E-state index in [4.69, 9.17) is 0 Å². The summed E-state index contributed by atoms with van der Waals surface area (Å²) in [6.07, 6.45) is 7.69. The predicted molar refractivity (Wildman–Crippen MR) is 104 cm³/mol. The van der Waals surface area contributed by atoms with Crippen molar-refractivity contribution in [1.29, 1.82) is 0 Å². The van der Waals surface area contributed by atoms with Gasteiger partial charge in [-0.15, -0.1) is 0 Å². The summed E-state index contributed by atoms with van der Waals surface area (Å²) in [6.45, 7) is 0. The minimum Gasteiger partial charge on any atom is -0.616 e. The number of hydrogen-bond acceptors (Lipinski definition) is 1. The molecule has 2 aromatic carbocycles. The van der Waals surface area contributed by atoms with E-state index < -0.39 is 11.2 Å². The van der Waals surface area contributed by atoms with Gasteiger partial charge in [-0.05, 0) is 72.6 Å². The van der Waals surface area contributed by atoms with Crippen molar-refractivity contribution in [3.05, 3.63) is 70.4 Å². The topological polar surface area (TPSA) is 38.8 Å².